The number of nitrogens with one attached hydrogen (secondary N) is 1. The summed E-state index contributed by atoms with van der Waals surface area (Å²) in [4.78, 5) is 21.9. The molecular weight excluding hydrogens is 194 g/mol. The van der Waals surface area contributed by atoms with Gasteiger partial charge in [-0.3, -0.25) is 14.9 Å². The average Bonchev–Trinajstić information content (AvgIpc) is 2.45. The van der Waals surface area contributed by atoms with Gasteiger partial charge in [-0.15, -0.1) is 12.0 Å². The Balaban J connectivity index is 0.000000293. The molecule has 1 aromatic carbocycles. The van der Waals surface area contributed by atoms with Crippen LogP contribution >= 0.6 is 0 Å². The fourth-order valence-electron chi connectivity index (χ4n) is 1.12. The fraction of sp³-hybridized carbons (Fsp3) is 0. The quantitative estimate of drug-likeness (QED) is 0.372. The van der Waals surface area contributed by atoms with E-state index in [9.17, 15) is 9.59 Å². The Kier molecular flexibility index (Phi) is 3.21. The van der Waals surface area contributed by atoms with Crippen LogP contribution in [0.4, 0.5) is 0 Å². The minimum Gasteiger partial charge on any atom is -0.288 e. The largest absolute Gasteiger partial charge is 0.288 e. The van der Waals surface area contributed by atoms with E-state index in [-0.39, 0.29) is 11.8 Å². The molecule has 2 amide bonds. The van der Waals surface area contributed by atoms with Crippen LogP contribution in [0.15, 0.2) is 24.3 Å². The molecule has 0 aliphatic carbocycles. The van der Waals surface area contributed by atoms with Crippen LogP contribution in [0.5, 0.6) is 0 Å². The summed E-state index contributed by atoms with van der Waals surface area (Å²) >= 11 is 0. The molecule has 0 fully saturated rings. The highest BCUT2D eigenvalue weighted by atomic mass is 28.1. The molecule has 0 aromatic heterocycles. The number of rotatable bonds is 0. The number of carbonyl (C=O) groups is 2. The van der Waals surface area contributed by atoms with Crippen molar-refractivity contribution in [1.82, 2.24) is 5.32 Å². The van der Waals surface area contributed by atoms with E-state index in [1.807, 2.05) is 0 Å². The van der Waals surface area contributed by atoms with Gasteiger partial charge < -0.3 is 0 Å². The lowest BCUT2D eigenvalue weighted by Crippen LogP contribution is -2.19. The maximum Gasteiger partial charge on any atom is 0.258 e. The SMILES string of the molecule is C#C[Si].O=C1NC(=O)c2ccccc21. The van der Waals surface area contributed by atoms with Gasteiger partial charge in [0.2, 0.25) is 0 Å². The number of benzene rings is 1. The Morgan fingerprint density at radius 3 is 1.86 bits per heavy atom. The van der Waals surface area contributed by atoms with E-state index < -0.39 is 0 Å². The number of hydrogen-bond acceptors (Lipinski definition) is 2. The maximum atomic E-state index is 10.9. The van der Waals surface area contributed by atoms with Crippen LogP contribution in [-0.4, -0.2) is 22.1 Å². The summed E-state index contributed by atoms with van der Waals surface area (Å²) in [6, 6.07) is 6.74. The van der Waals surface area contributed by atoms with E-state index in [0.717, 1.165) is 0 Å². The molecule has 1 aromatic rings. The molecule has 1 aliphatic rings. The zero-order chi connectivity index (χ0) is 10.6. The monoisotopic (exact) mass is 200 g/mol. The van der Waals surface area contributed by atoms with Crippen LogP contribution < -0.4 is 5.32 Å². The maximum absolute atomic E-state index is 10.9. The summed E-state index contributed by atoms with van der Waals surface area (Å²) in [5, 5.41) is 2.20. The Morgan fingerprint density at radius 2 is 1.50 bits per heavy atom. The molecule has 1 heterocycles. The smallest absolute Gasteiger partial charge is 0.258 e. The molecule has 2 rings (SSSR count). The molecule has 0 atom stereocenters. The Hall–Kier alpha value is -1.86. The van der Waals surface area contributed by atoms with Crippen LogP contribution in [0.1, 0.15) is 20.7 Å². The average molecular weight is 200 g/mol. The number of fused-ring (bicyclic) bond motifs is 1. The van der Waals surface area contributed by atoms with E-state index in [4.69, 9.17) is 0 Å². The second-order valence-electron chi connectivity index (χ2n) is 2.47. The molecule has 0 saturated carbocycles. The summed E-state index contributed by atoms with van der Waals surface area (Å²) in [7, 11) is 2.71. The third-order valence-electron chi connectivity index (χ3n) is 1.64. The van der Waals surface area contributed by atoms with Gasteiger partial charge in [-0.05, 0) is 12.1 Å². The Labute approximate surface area is 84.9 Å². The number of carbonyl (C=O) groups excluding carboxylic acids is 2. The number of amides is 2. The summed E-state index contributed by atoms with van der Waals surface area (Å²) in [5.74, 6) is -0.601. The molecular formula is C10H6NO2Si. The predicted molar refractivity (Wildman–Crippen MR) is 52.8 cm³/mol. The molecule has 3 nitrogen and oxygen atoms in total. The highest BCUT2D eigenvalue weighted by Gasteiger charge is 2.25. The first kappa shape index (κ1) is 10.2. The van der Waals surface area contributed by atoms with Gasteiger partial charge in [0.05, 0.1) is 11.1 Å². The first-order valence-corrected chi connectivity index (χ1v) is 4.27. The van der Waals surface area contributed by atoms with Crippen molar-refractivity contribution in [2.75, 3.05) is 0 Å². The molecule has 3 radical (unpaired) electrons. The van der Waals surface area contributed by atoms with Gasteiger partial charge in [-0.2, -0.15) is 0 Å². The van der Waals surface area contributed by atoms with Gasteiger partial charge in [-0.1, -0.05) is 12.1 Å². The fourth-order valence-corrected chi connectivity index (χ4v) is 1.12. The molecule has 0 unspecified atom stereocenters. The lowest BCUT2D eigenvalue weighted by Gasteiger charge is -1.88. The van der Waals surface area contributed by atoms with E-state index >= 15 is 0 Å². The zero-order valence-corrected chi connectivity index (χ0v) is 8.20. The topological polar surface area (TPSA) is 46.2 Å². The van der Waals surface area contributed by atoms with Crippen LogP contribution in [0.25, 0.3) is 0 Å². The zero-order valence-electron chi connectivity index (χ0n) is 7.20. The lowest BCUT2D eigenvalue weighted by atomic mass is 10.1. The molecule has 4 heteroatoms. The summed E-state index contributed by atoms with van der Waals surface area (Å²) in [6.07, 6.45) is 4.51. The third kappa shape index (κ3) is 1.89. The molecule has 0 saturated heterocycles. The molecule has 1 aliphatic heterocycles. The van der Waals surface area contributed by atoms with Gasteiger partial charge in [0.25, 0.3) is 11.8 Å². The molecule has 67 valence electrons. The highest BCUT2D eigenvalue weighted by Crippen LogP contribution is 2.13. The van der Waals surface area contributed by atoms with Crippen LogP contribution in [0.3, 0.4) is 0 Å². The summed E-state index contributed by atoms with van der Waals surface area (Å²) in [6.45, 7) is 0. The van der Waals surface area contributed by atoms with Crippen molar-refractivity contribution in [1.29, 1.82) is 0 Å². The molecule has 0 spiro atoms. The van der Waals surface area contributed by atoms with Crippen LogP contribution in [0.2, 0.25) is 0 Å². The second kappa shape index (κ2) is 4.39. The van der Waals surface area contributed by atoms with Crippen molar-refractivity contribution in [2.24, 2.45) is 0 Å². The van der Waals surface area contributed by atoms with Gasteiger partial charge in [0, 0.05) is 0 Å². The van der Waals surface area contributed by atoms with Crippen LogP contribution in [0, 0.1) is 12.0 Å². The van der Waals surface area contributed by atoms with Crippen molar-refractivity contribution in [3.8, 4) is 12.0 Å². The highest BCUT2D eigenvalue weighted by molar-refractivity contribution is 6.21. The van der Waals surface area contributed by atoms with E-state index in [1.165, 1.54) is 0 Å². The Bertz CT molecular complexity index is 387. The normalized spacial score (nSPS) is 12.0. The van der Waals surface area contributed by atoms with E-state index in [2.05, 4.69) is 27.5 Å². The van der Waals surface area contributed by atoms with Crippen molar-refractivity contribution in [2.45, 2.75) is 0 Å². The minimum absolute atomic E-state index is 0.300. The number of imide groups is 1. The predicted octanol–water partition coefficient (Wildman–Crippen LogP) is 0.316. The van der Waals surface area contributed by atoms with Gasteiger partial charge >= 0.3 is 0 Å². The first-order valence-electron chi connectivity index (χ1n) is 3.77. The standard InChI is InChI=1S/C8H5NO2.C2HSi/c10-7-5-3-1-2-4-6(5)8(11)9-7;1-2-3/h1-4H,(H,9,10,11);1H. The van der Waals surface area contributed by atoms with Crippen molar-refractivity contribution < 1.29 is 9.59 Å². The molecule has 0 bridgehead atoms. The molecule has 1 N–H and O–H groups in total. The van der Waals surface area contributed by atoms with Crippen molar-refractivity contribution in [3.63, 3.8) is 0 Å². The molecule has 14 heavy (non-hydrogen) atoms. The second-order valence-corrected chi connectivity index (χ2v) is 2.76. The van der Waals surface area contributed by atoms with Gasteiger partial charge in [0.15, 0.2) is 0 Å². The van der Waals surface area contributed by atoms with E-state index in [0.29, 0.717) is 11.1 Å². The van der Waals surface area contributed by atoms with Gasteiger partial charge in [-0.25, -0.2) is 0 Å². The van der Waals surface area contributed by atoms with Crippen molar-refractivity contribution >= 4 is 22.1 Å². The summed E-state index contributed by atoms with van der Waals surface area (Å²) < 4.78 is 0. The number of terminal acetylenes is 1. The van der Waals surface area contributed by atoms with Crippen molar-refractivity contribution in [3.05, 3.63) is 35.4 Å². The van der Waals surface area contributed by atoms with E-state index in [1.54, 1.807) is 24.3 Å². The summed E-state index contributed by atoms with van der Waals surface area (Å²) in [5.41, 5.74) is 3.00. The third-order valence-corrected chi connectivity index (χ3v) is 1.64. The van der Waals surface area contributed by atoms with Crippen LogP contribution in [-0.2, 0) is 0 Å². The Morgan fingerprint density at radius 1 is 1.14 bits per heavy atom. The first-order chi connectivity index (χ1) is 6.70. The lowest BCUT2D eigenvalue weighted by molar-refractivity contribution is 0.0879. The van der Waals surface area contributed by atoms with Gasteiger partial charge in [0.1, 0.15) is 10.2 Å². The minimum atomic E-state index is -0.300. The number of hydrogen-bond donors (Lipinski definition) is 1.